The van der Waals surface area contributed by atoms with E-state index in [0.717, 1.165) is 26.6 Å². The van der Waals surface area contributed by atoms with Crippen LogP contribution in [0.15, 0.2) is 128 Å². The van der Waals surface area contributed by atoms with Crippen molar-refractivity contribution in [2.24, 2.45) is 0 Å². The number of aromatic nitrogens is 3. The second kappa shape index (κ2) is 10.3. The van der Waals surface area contributed by atoms with Crippen LogP contribution in [0.2, 0.25) is 0 Å². The number of rotatable bonds is 5. The maximum absolute atomic E-state index is 6.34. The molecule has 0 spiro atoms. The van der Waals surface area contributed by atoms with Crippen molar-refractivity contribution < 1.29 is 25.8 Å². The summed E-state index contributed by atoms with van der Waals surface area (Å²) in [5.74, 6) is 1.22. The molecule has 6 heteroatoms. The van der Waals surface area contributed by atoms with Crippen LogP contribution in [0.5, 0.6) is 11.5 Å². The number of nitrogens with zero attached hydrogens (tertiary/aromatic N) is 3. The van der Waals surface area contributed by atoms with Crippen LogP contribution in [0.25, 0.3) is 26.5 Å². The van der Waals surface area contributed by atoms with Gasteiger partial charge in [-0.1, -0.05) is 66.7 Å². The van der Waals surface area contributed by atoms with E-state index < -0.39 is 5.41 Å². The molecular formula is C35H21N3OPtS. The van der Waals surface area contributed by atoms with Crippen molar-refractivity contribution in [1.29, 1.82) is 0 Å². The Balaban J connectivity index is 0.00000276. The number of hydrogen-bond acceptors (Lipinski definition) is 4. The van der Waals surface area contributed by atoms with Gasteiger partial charge in [0.25, 0.3) is 0 Å². The molecule has 3 heterocycles. The van der Waals surface area contributed by atoms with Gasteiger partial charge >= 0.3 is 21.1 Å². The molecule has 1 aliphatic rings. The molecule has 0 atom stereocenters. The molecule has 8 rings (SSSR count). The summed E-state index contributed by atoms with van der Waals surface area (Å²) in [6, 6.07) is 43.0. The number of thiazole rings is 1. The summed E-state index contributed by atoms with van der Waals surface area (Å²) in [4.78, 5) is 9.63. The first-order chi connectivity index (χ1) is 19.8. The second-order valence-corrected chi connectivity index (χ2v) is 10.7. The molecule has 0 amide bonds. The smallest absolute Gasteiger partial charge is 0.502 e. The van der Waals surface area contributed by atoms with Gasteiger partial charge in [-0.05, 0) is 52.7 Å². The minimum atomic E-state index is -0.621. The predicted molar refractivity (Wildman–Crippen MR) is 158 cm³/mol. The summed E-state index contributed by atoms with van der Waals surface area (Å²) in [6.07, 6.45) is 7.10. The van der Waals surface area contributed by atoms with Crippen molar-refractivity contribution in [2.75, 3.05) is 0 Å². The maximum atomic E-state index is 6.34. The molecule has 198 valence electrons. The summed E-state index contributed by atoms with van der Waals surface area (Å²) in [7, 11) is 0. The first kappa shape index (κ1) is 25.6. The number of ether oxygens (including phenoxy) is 1. The molecule has 7 aromatic rings. The first-order valence-electron chi connectivity index (χ1n) is 13.1. The van der Waals surface area contributed by atoms with Crippen LogP contribution in [0, 0.1) is 12.3 Å². The van der Waals surface area contributed by atoms with E-state index in [1.165, 1.54) is 22.3 Å². The number of pyridine rings is 1. The Morgan fingerprint density at radius 3 is 2.20 bits per heavy atom. The van der Waals surface area contributed by atoms with Crippen LogP contribution in [-0.2, 0) is 26.5 Å². The fourth-order valence-corrected chi connectivity index (χ4v) is 6.75. The van der Waals surface area contributed by atoms with Crippen molar-refractivity contribution in [3.63, 3.8) is 0 Å². The van der Waals surface area contributed by atoms with Crippen LogP contribution < -0.4 is 4.74 Å². The molecule has 0 N–H and O–H groups in total. The standard InChI is InChI=1S/C35H21N3OS.Pt/c1-3-14-29-27(12-1)28-13-2-4-15-30(28)35(29,33-18-7-8-20-36-33)24-10-9-11-25(22-24)39-26-19-21-38(23-26)34-37-31-16-5-6-17-32(31)40-34;/h1-21H;/q-2;+2. The van der Waals surface area contributed by atoms with Crippen LogP contribution in [0.3, 0.4) is 0 Å². The number of fused-ring (bicyclic) bond motifs is 4. The largest absolute Gasteiger partial charge is 2.00 e. The van der Waals surface area contributed by atoms with Crippen LogP contribution >= 0.6 is 11.3 Å². The zero-order valence-electron chi connectivity index (χ0n) is 21.6. The van der Waals surface area contributed by atoms with Gasteiger partial charge in [0.2, 0.25) is 0 Å². The van der Waals surface area contributed by atoms with Crippen molar-refractivity contribution in [1.82, 2.24) is 14.5 Å². The summed E-state index contributed by atoms with van der Waals surface area (Å²) in [5.41, 5.74) is 7.10. The Kier molecular flexibility index (Phi) is 6.42. The SMILES string of the molecule is [Pt+2].[c-]1c(Oc2[c-]n(-c3nc4ccccc4s3)cc2)cccc1C1(c2ccccn2)c2ccccc2-c2ccccc21. The van der Waals surface area contributed by atoms with Crippen molar-refractivity contribution >= 4 is 21.6 Å². The zero-order chi connectivity index (χ0) is 26.5. The average molecular weight is 727 g/mol. The third kappa shape index (κ3) is 4.08. The Hall–Kier alpha value is -4.31. The minimum Gasteiger partial charge on any atom is -0.502 e. The maximum Gasteiger partial charge on any atom is 2.00 e. The number of hydrogen-bond donors (Lipinski definition) is 0. The third-order valence-electron chi connectivity index (χ3n) is 7.49. The van der Waals surface area contributed by atoms with E-state index in [1.54, 1.807) is 11.3 Å². The van der Waals surface area contributed by atoms with Gasteiger partial charge in [0.15, 0.2) is 0 Å². The summed E-state index contributed by atoms with van der Waals surface area (Å²) < 4.78 is 9.35. The van der Waals surface area contributed by atoms with E-state index in [2.05, 4.69) is 79.0 Å². The van der Waals surface area contributed by atoms with E-state index in [4.69, 9.17) is 14.7 Å². The van der Waals surface area contributed by atoms with E-state index in [1.807, 2.05) is 65.5 Å². The predicted octanol–water partition coefficient (Wildman–Crippen LogP) is 8.24. The fourth-order valence-electron chi connectivity index (χ4n) is 5.84. The van der Waals surface area contributed by atoms with Gasteiger partial charge in [0.05, 0.1) is 22.4 Å². The monoisotopic (exact) mass is 726 g/mol. The molecule has 0 aliphatic heterocycles. The van der Waals surface area contributed by atoms with Gasteiger partial charge in [-0.25, -0.2) is 0 Å². The Bertz CT molecular complexity index is 1930. The van der Waals surface area contributed by atoms with E-state index in [0.29, 0.717) is 11.5 Å². The summed E-state index contributed by atoms with van der Waals surface area (Å²) in [5, 5.41) is 0.849. The van der Waals surface area contributed by atoms with Crippen LogP contribution in [0.4, 0.5) is 0 Å². The zero-order valence-corrected chi connectivity index (χ0v) is 24.7. The molecule has 0 unspecified atom stereocenters. The molecule has 3 aromatic heterocycles. The molecule has 0 radical (unpaired) electrons. The number of benzene rings is 4. The molecule has 0 fully saturated rings. The van der Waals surface area contributed by atoms with E-state index >= 15 is 0 Å². The van der Waals surface area contributed by atoms with E-state index in [9.17, 15) is 0 Å². The topological polar surface area (TPSA) is 39.9 Å². The van der Waals surface area contributed by atoms with Crippen LogP contribution in [-0.4, -0.2) is 14.5 Å². The molecular weight excluding hydrogens is 706 g/mol. The van der Waals surface area contributed by atoms with Gasteiger partial charge in [-0.2, -0.15) is 12.1 Å². The summed E-state index contributed by atoms with van der Waals surface area (Å²) >= 11 is 1.62. The molecule has 4 aromatic carbocycles. The van der Waals surface area contributed by atoms with E-state index in [-0.39, 0.29) is 21.1 Å². The van der Waals surface area contributed by atoms with Gasteiger partial charge in [-0.15, -0.1) is 41.3 Å². The molecule has 4 nitrogen and oxygen atoms in total. The molecule has 41 heavy (non-hydrogen) atoms. The average Bonchev–Trinajstić information content (AvgIpc) is 3.73. The Morgan fingerprint density at radius 1 is 0.707 bits per heavy atom. The molecule has 0 saturated carbocycles. The van der Waals surface area contributed by atoms with Gasteiger partial charge in [0, 0.05) is 16.6 Å². The second-order valence-electron chi connectivity index (χ2n) is 9.71. The summed E-state index contributed by atoms with van der Waals surface area (Å²) in [6.45, 7) is 0. The van der Waals surface area contributed by atoms with Crippen molar-refractivity contribution in [3.8, 4) is 27.8 Å². The molecule has 1 aliphatic carbocycles. The molecule has 0 saturated heterocycles. The normalized spacial score (nSPS) is 12.9. The van der Waals surface area contributed by atoms with Gasteiger partial charge in [-0.3, -0.25) is 9.97 Å². The third-order valence-corrected chi connectivity index (χ3v) is 8.52. The minimum absolute atomic E-state index is 0. The Morgan fingerprint density at radius 2 is 1.44 bits per heavy atom. The molecule has 0 bridgehead atoms. The van der Waals surface area contributed by atoms with Crippen molar-refractivity contribution in [3.05, 3.63) is 162 Å². The van der Waals surface area contributed by atoms with Gasteiger partial charge < -0.3 is 9.30 Å². The van der Waals surface area contributed by atoms with Gasteiger partial charge in [0.1, 0.15) is 5.13 Å². The quantitative estimate of drug-likeness (QED) is 0.168. The van der Waals surface area contributed by atoms with Crippen LogP contribution in [0.1, 0.15) is 22.4 Å². The first-order valence-corrected chi connectivity index (χ1v) is 13.9. The fraction of sp³-hybridized carbons (Fsp3) is 0.0286. The number of para-hydroxylation sites is 1. The van der Waals surface area contributed by atoms with Crippen molar-refractivity contribution in [2.45, 2.75) is 5.41 Å². The Labute approximate surface area is 256 Å².